The maximum Gasteiger partial charge on any atom is 0.236 e. The second kappa shape index (κ2) is 8.67. The van der Waals surface area contributed by atoms with Crippen LogP contribution in [0.1, 0.15) is 26.7 Å². The standard InChI is InChI=1S/C17H33N5O2/c1-5-18-16(19-11-17(2)12-24-13-17)20-14-6-8-22(9-7-14)10-15(23)21(3)4/h14H,5-13H2,1-4H3,(H2,18,19,20). The van der Waals surface area contributed by atoms with Crippen molar-refractivity contribution in [2.24, 2.45) is 10.4 Å². The van der Waals surface area contributed by atoms with Gasteiger partial charge in [0.25, 0.3) is 0 Å². The molecular weight excluding hydrogens is 306 g/mol. The molecule has 2 aliphatic rings. The van der Waals surface area contributed by atoms with Gasteiger partial charge in [0, 0.05) is 45.2 Å². The Morgan fingerprint density at radius 1 is 1.33 bits per heavy atom. The Hall–Kier alpha value is -1.34. The summed E-state index contributed by atoms with van der Waals surface area (Å²) >= 11 is 0. The molecule has 2 saturated heterocycles. The van der Waals surface area contributed by atoms with Crippen molar-refractivity contribution < 1.29 is 9.53 Å². The normalized spacial score (nSPS) is 21.9. The zero-order chi connectivity index (χ0) is 17.6. The highest BCUT2D eigenvalue weighted by Gasteiger charge is 2.33. The summed E-state index contributed by atoms with van der Waals surface area (Å²) in [5.41, 5.74) is 0.193. The number of guanidine groups is 1. The fourth-order valence-corrected chi connectivity index (χ4v) is 2.89. The van der Waals surface area contributed by atoms with Crippen molar-refractivity contribution in [2.45, 2.75) is 32.7 Å². The summed E-state index contributed by atoms with van der Waals surface area (Å²) in [6.07, 6.45) is 2.07. The minimum Gasteiger partial charge on any atom is -0.380 e. The number of piperidine rings is 1. The summed E-state index contributed by atoms with van der Waals surface area (Å²) < 4.78 is 5.29. The van der Waals surface area contributed by atoms with Gasteiger partial charge in [0.2, 0.25) is 5.91 Å². The van der Waals surface area contributed by atoms with E-state index in [9.17, 15) is 4.79 Å². The molecule has 0 aromatic rings. The van der Waals surface area contributed by atoms with Gasteiger partial charge in [0.1, 0.15) is 0 Å². The molecule has 24 heavy (non-hydrogen) atoms. The first-order chi connectivity index (χ1) is 11.4. The number of carbonyl (C=O) groups is 1. The van der Waals surface area contributed by atoms with Crippen molar-refractivity contribution in [2.75, 3.05) is 60.0 Å². The molecule has 0 aromatic carbocycles. The lowest BCUT2D eigenvalue weighted by molar-refractivity contribution is -0.130. The van der Waals surface area contributed by atoms with Crippen LogP contribution in [0, 0.1) is 5.41 Å². The van der Waals surface area contributed by atoms with Crippen LogP contribution >= 0.6 is 0 Å². The third-order valence-corrected chi connectivity index (χ3v) is 4.65. The number of nitrogens with one attached hydrogen (secondary N) is 2. The predicted molar refractivity (Wildman–Crippen MR) is 96.2 cm³/mol. The highest BCUT2D eigenvalue weighted by atomic mass is 16.5. The molecule has 1 amide bonds. The van der Waals surface area contributed by atoms with Crippen LogP contribution in [0.25, 0.3) is 0 Å². The Kier molecular flexibility index (Phi) is 6.86. The van der Waals surface area contributed by atoms with E-state index in [2.05, 4.69) is 29.4 Å². The van der Waals surface area contributed by atoms with E-state index in [0.717, 1.165) is 58.2 Å². The first-order valence-corrected chi connectivity index (χ1v) is 8.97. The van der Waals surface area contributed by atoms with Crippen molar-refractivity contribution in [3.63, 3.8) is 0 Å². The maximum absolute atomic E-state index is 11.8. The van der Waals surface area contributed by atoms with Gasteiger partial charge in [-0.1, -0.05) is 6.92 Å². The van der Waals surface area contributed by atoms with E-state index in [1.807, 2.05) is 14.1 Å². The highest BCUT2D eigenvalue weighted by molar-refractivity contribution is 5.80. The van der Waals surface area contributed by atoms with Crippen LogP contribution in [-0.2, 0) is 9.53 Å². The van der Waals surface area contributed by atoms with E-state index in [1.54, 1.807) is 4.90 Å². The highest BCUT2D eigenvalue weighted by Crippen LogP contribution is 2.26. The smallest absolute Gasteiger partial charge is 0.236 e. The van der Waals surface area contributed by atoms with Gasteiger partial charge in [0.05, 0.1) is 26.3 Å². The summed E-state index contributed by atoms with van der Waals surface area (Å²) in [6, 6.07) is 0.416. The number of amides is 1. The average molecular weight is 339 g/mol. The van der Waals surface area contributed by atoms with E-state index in [-0.39, 0.29) is 11.3 Å². The fourth-order valence-electron chi connectivity index (χ4n) is 2.89. The van der Waals surface area contributed by atoms with Gasteiger partial charge in [-0.15, -0.1) is 0 Å². The monoisotopic (exact) mass is 339 g/mol. The summed E-state index contributed by atoms with van der Waals surface area (Å²) in [5, 5.41) is 6.88. The molecule has 138 valence electrons. The quantitative estimate of drug-likeness (QED) is 0.532. The first-order valence-electron chi connectivity index (χ1n) is 8.97. The van der Waals surface area contributed by atoms with Crippen molar-refractivity contribution in [1.82, 2.24) is 20.4 Å². The lowest BCUT2D eigenvalue weighted by Crippen LogP contribution is -2.50. The largest absolute Gasteiger partial charge is 0.380 e. The third-order valence-electron chi connectivity index (χ3n) is 4.65. The number of ether oxygens (including phenoxy) is 1. The van der Waals surface area contributed by atoms with E-state index >= 15 is 0 Å². The Bertz CT molecular complexity index is 440. The second-order valence-corrected chi connectivity index (χ2v) is 7.48. The molecule has 0 saturated carbocycles. The van der Waals surface area contributed by atoms with E-state index in [1.165, 1.54) is 0 Å². The van der Waals surface area contributed by atoms with Crippen molar-refractivity contribution in [1.29, 1.82) is 0 Å². The molecule has 0 spiro atoms. The molecule has 0 aliphatic carbocycles. The lowest BCUT2D eigenvalue weighted by Gasteiger charge is -2.37. The number of likely N-dealkylation sites (tertiary alicyclic amines) is 1. The van der Waals surface area contributed by atoms with Crippen LogP contribution in [-0.4, -0.2) is 87.7 Å². The van der Waals surface area contributed by atoms with E-state index in [4.69, 9.17) is 9.73 Å². The van der Waals surface area contributed by atoms with Crippen LogP contribution in [0.2, 0.25) is 0 Å². The van der Waals surface area contributed by atoms with Gasteiger partial charge < -0.3 is 20.3 Å². The van der Waals surface area contributed by atoms with Crippen LogP contribution in [0.5, 0.6) is 0 Å². The van der Waals surface area contributed by atoms with Gasteiger partial charge in [-0.2, -0.15) is 0 Å². The van der Waals surface area contributed by atoms with Gasteiger partial charge in [-0.3, -0.25) is 14.7 Å². The van der Waals surface area contributed by atoms with Crippen molar-refractivity contribution in [3.05, 3.63) is 0 Å². The van der Waals surface area contributed by atoms with Gasteiger partial charge in [0.15, 0.2) is 5.96 Å². The number of carbonyl (C=O) groups excluding carboxylic acids is 1. The first kappa shape index (κ1) is 19.0. The number of nitrogens with zero attached hydrogens (tertiary/aromatic N) is 3. The average Bonchev–Trinajstić information content (AvgIpc) is 2.52. The number of hydrogen-bond donors (Lipinski definition) is 2. The van der Waals surface area contributed by atoms with Crippen LogP contribution in [0.3, 0.4) is 0 Å². The van der Waals surface area contributed by atoms with E-state index < -0.39 is 0 Å². The molecule has 2 rings (SSSR count). The number of aliphatic imine (C=N–C) groups is 1. The Balaban J connectivity index is 1.77. The molecule has 2 fully saturated rings. The molecule has 2 aliphatic heterocycles. The Morgan fingerprint density at radius 3 is 2.50 bits per heavy atom. The maximum atomic E-state index is 11.8. The summed E-state index contributed by atoms with van der Waals surface area (Å²) in [4.78, 5) is 20.4. The molecule has 0 radical (unpaired) electrons. The summed E-state index contributed by atoms with van der Waals surface area (Å²) in [5.74, 6) is 1.07. The van der Waals surface area contributed by atoms with Gasteiger partial charge in [-0.25, -0.2) is 0 Å². The molecule has 2 heterocycles. The molecule has 7 nitrogen and oxygen atoms in total. The minimum atomic E-state index is 0.173. The molecule has 0 bridgehead atoms. The zero-order valence-electron chi connectivity index (χ0n) is 15.6. The van der Waals surface area contributed by atoms with Crippen molar-refractivity contribution in [3.8, 4) is 0 Å². The molecule has 2 N–H and O–H groups in total. The van der Waals surface area contributed by atoms with Crippen LogP contribution in [0.4, 0.5) is 0 Å². The Labute approximate surface area is 145 Å². The van der Waals surface area contributed by atoms with Crippen molar-refractivity contribution >= 4 is 11.9 Å². The minimum absolute atomic E-state index is 0.173. The zero-order valence-corrected chi connectivity index (χ0v) is 15.6. The number of rotatable bonds is 6. The molecule has 0 atom stereocenters. The predicted octanol–water partition coefficient (Wildman–Crippen LogP) is 0.131. The lowest BCUT2D eigenvalue weighted by atomic mass is 9.89. The Morgan fingerprint density at radius 2 is 2.00 bits per heavy atom. The number of hydrogen-bond acceptors (Lipinski definition) is 4. The SMILES string of the molecule is CCNC(=NCC1(C)COC1)NC1CCN(CC(=O)N(C)C)CC1. The third kappa shape index (κ3) is 5.63. The fraction of sp³-hybridized carbons (Fsp3) is 0.882. The van der Waals surface area contributed by atoms with E-state index in [0.29, 0.717) is 12.6 Å². The van der Waals surface area contributed by atoms with Gasteiger partial charge in [-0.05, 0) is 19.8 Å². The summed E-state index contributed by atoms with van der Waals surface area (Å²) in [7, 11) is 3.62. The molecular formula is C17H33N5O2. The van der Waals surface area contributed by atoms with Crippen LogP contribution in [0.15, 0.2) is 4.99 Å². The topological polar surface area (TPSA) is 69.2 Å². The number of likely N-dealkylation sites (N-methyl/N-ethyl adjacent to an activating group) is 1. The van der Waals surface area contributed by atoms with Gasteiger partial charge >= 0.3 is 0 Å². The molecule has 0 unspecified atom stereocenters. The molecule has 7 heteroatoms. The summed E-state index contributed by atoms with van der Waals surface area (Å²) in [6.45, 7) is 9.96. The van der Waals surface area contributed by atoms with Crippen LogP contribution < -0.4 is 10.6 Å². The molecule has 0 aromatic heterocycles. The second-order valence-electron chi connectivity index (χ2n) is 7.48.